The molecule has 2 atom stereocenters. The molecule has 4 heteroatoms. The van der Waals surface area contributed by atoms with E-state index in [2.05, 4.69) is 12.2 Å². The van der Waals surface area contributed by atoms with Gasteiger partial charge in [-0.15, -0.1) is 12.4 Å². The fraction of sp³-hybridized carbons (Fsp3) is 0.455. The second-order valence-corrected chi connectivity index (χ2v) is 3.76. The first-order chi connectivity index (χ1) is 6.74. The lowest BCUT2D eigenvalue weighted by Gasteiger charge is -2.10. The van der Waals surface area contributed by atoms with Crippen molar-refractivity contribution >= 4 is 12.4 Å². The molecule has 1 fully saturated rings. The molecule has 0 amide bonds. The van der Waals surface area contributed by atoms with Crippen LogP contribution in [0.25, 0.3) is 0 Å². The van der Waals surface area contributed by atoms with Crippen LogP contribution in [0.5, 0.6) is 5.75 Å². The molecule has 84 valence electrons. The third-order valence-electron chi connectivity index (χ3n) is 2.35. The predicted octanol–water partition coefficient (Wildman–Crippen LogP) is 1.69. The molecule has 0 spiro atoms. The molecular formula is C11H16ClNO2. The Morgan fingerprint density at radius 3 is 2.93 bits per heavy atom. The topological polar surface area (TPSA) is 41.5 Å². The monoisotopic (exact) mass is 229 g/mol. The van der Waals surface area contributed by atoms with E-state index in [1.807, 2.05) is 12.1 Å². The average Bonchev–Trinajstić information content (AvgIpc) is 2.51. The number of nitrogens with one attached hydrogen (secondary N) is 1. The van der Waals surface area contributed by atoms with E-state index in [4.69, 9.17) is 4.74 Å². The van der Waals surface area contributed by atoms with Crippen molar-refractivity contribution < 1.29 is 9.84 Å². The Kier molecular flexibility index (Phi) is 4.39. The Bertz CT molecular complexity index is 319. The number of hydrogen-bond acceptors (Lipinski definition) is 3. The van der Waals surface area contributed by atoms with Gasteiger partial charge in [0.15, 0.2) is 0 Å². The van der Waals surface area contributed by atoms with Crippen LogP contribution in [-0.4, -0.2) is 24.0 Å². The number of phenols is 1. The standard InChI is InChI=1S/C11H15NO2.ClH/c1-8-7-14-11(12-8)6-9-3-2-4-10(13)5-9;/h2-5,8,11-13H,6-7H2,1H3;1H. The van der Waals surface area contributed by atoms with Gasteiger partial charge in [-0.2, -0.15) is 0 Å². The first-order valence-electron chi connectivity index (χ1n) is 4.89. The first-order valence-corrected chi connectivity index (χ1v) is 4.89. The van der Waals surface area contributed by atoms with E-state index >= 15 is 0 Å². The molecular weight excluding hydrogens is 214 g/mol. The first kappa shape index (κ1) is 12.3. The number of hydrogen-bond donors (Lipinski definition) is 2. The zero-order valence-electron chi connectivity index (χ0n) is 8.64. The van der Waals surface area contributed by atoms with Gasteiger partial charge in [0.1, 0.15) is 12.0 Å². The SMILES string of the molecule is CC1COC(Cc2cccc(O)c2)N1.Cl. The minimum absolute atomic E-state index is 0. The van der Waals surface area contributed by atoms with Crippen LogP contribution in [0.3, 0.4) is 0 Å². The number of benzene rings is 1. The maximum Gasteiger partial charge on any atom is 0.115 e. The summed E-state index contributed by atoms with van der Waals surface area (Å²) in [5.74, 6) is 0.313. The van der Waals surface area contributed by atoms with Crippen molar-refractivity contribution in [1.82, 2.24) is 5.32 Å². The van der Waals surface area contributed by atoms with Crippen LogP contribution >= 0.6 is 12.4 Å². The van der Waals surface area contributed by atoms with Crippen molar-refractivity contribution in [2.75, 3.05) is 6.61 Å². The number of aromatic hydroxyl groups is 1. The van der Waals surface area contributed by atoms with Crippen molar-refractivity contribution in [2.24, 2.45) is 0 Å². The molecule has 1 saturated heterocycles. The summed E-state index contributed by atoms with van der Waals surface area (Å²) in [5, 5.41) is 12.6. The number of halogens is 1. The molecule has 1 aliphatic heterocycles. The Balaban J connectivity index is 0.00000112. The molecule has 1 aromatic rings. The minimum atomic E-state index is 0. The second kappa shape index (κ2) is 5.35. The number of rotatable bonds is 2. The van der Waals surface area contributed by atoms with Gasteiger partial charge in [0.05, 0.1) is 6.61 Å². The van der Waals surface area contributed by atoms with Crippen LogP contribution < -0.4 is 5.32 Å². The van der Waals surface area contributed by atoms with Crippen LogP contribution in [0.4, 0.5) is 0 Å². The Morgan fingerprint density at radius 1 is 1.53 bits per heavy atom. The van der Waals surface area contributed by atoms with Gasteiger partial charge in [-0.3, -0.25) is 5.32 Å². The summed E-state index contributed by atoms with van der Waals surface area (Å²) >= 11 is 0. The van der Waals surface area contributed by atoms with Gasteiger partial charge in [-0.05, 0) is 24.6 Å². The van der Waals surface area contributed by atoms with E-state index < -0.39 is 0 Å². The summed E-state index contributed by atoms with van der Waals surface area (Å²) in [5.41, 5.74) is 1.09. The molecule has 1 heterocycles. The Labute approximate surface area is 95.9 Å². The molecule has 3 nitrogen and oxygen atoms in total. The zero-order chi connectivity index (χ0) is 9.97. The molecule has 2 N–H and O–H groups in total. The zero-order valence-corrected chi connectivity index (χ0v) is 9.46. The summed E-state index contributed by atoms with van der Waals surface area (Å²) in [6.07, 6.45) is 0.894. The highest BCUT2D eigenvalue weighted by Gasteiger charge is 2.20. The minimum Gasteiger partial charge on any atom is -0.508 e. The molecule has 15 heavy (non-hydrogen) atoms. The van der Waals surface area contributed by atoms with Crippen LogP contribution in [0, 0.1) is 0 Å². The van der Waals surface area contributed by atoms with E-state index in [1.54, 1.807) is 12.1 Å². The maximum absolute atomic E-state index is 9.28. The summed E-state index contributed by atoms with van der Waals surface area (Å²) in [6.45, 7) is 2.87. The van der Waals surface area contributed by atoms with Crippen molar-refractivity contribution in [1.29, 1.82) is 0 Å². The smallest absolute Gasteiger partial charge is 0.115 e. The lowest BCUT2D eigenvalue weighted by Crippen LogP contribution is -2.29. The van der Waals surface area contributed by atoms with Crippen LogP contribution in [-0.2, 0) is 11.2 Å². The molecule has 0 aliphatic carbocycles. The van der Waals surface area contributed by atoms with E-state index in [-0.39, 0.29) is 18.6 Å². The fourth-order valence-corrected chi connectivity index (χ4v) is 1.69. The Morgan fingerprint density at radius 2 is 2.33 bits per heavy atom. The van der Waals surface area contributed by atoms with E-state index in [1.165, 1.54) is 0 Å². The van der Waals surface area contributed by atoms with Crippen LogP contribution in [0.15, 0.2) is 24.3 Å². The van der Waals surface area contributed by atoms with Gasteiger partial charge in [0, 0.05) is 12.5 Å². The summed E-state index contributed by atoms with van der Waals surface area (Å²) < 4.78 is 5.52. The summed E-state index contributed by atoms with van der Waals surface area (Å²) in [6, 6.07) is 7.72. The quantitative estimate of drug-likeness (QED) is 0.811. The molecule has 0 aromatic heterocycles. The van der Waals surface area contributed by atoms with Crippen molar-refractivity contribution in [3.63, 3.8) is 0 Å². The normalized spacial score (nSPS) is 24.9. The molecule has 0 radical (unpaired) electrons. The van der Waals surface area contributed by atoms with E-state index in [0.29, 0.717) is 11.8 Å². The van der Waals surface area contributed by atoms with Gasteiger partial charge in [-0.1, -0.05) is 12.1 Å². The van der Waals surface area contributed by atoms with Crippen LogP contribution in [0.1, 0.15) is 12.5 Å². The summed E-state index contributed by atoms with van der Waals surface area (Å²) in [7, 11) is 0. The third kappa shape index (κ3) is 3.38. The Hall–Kier alpha value is -0.770. The van der Waals surface area contributed by atoms with Gasteiger partial charge in [0.2, 0.25) is 0 Å². The maximum atomic E-state index is 9.28. The summed E-state index contributed by atoms with van der Waals surface area (Å²) in [4.78, 5) is 0. The number of phenolic OH excluding ortho intramolecular Hbond substituents is 1. The highest BCUT2D eigenvalue weighted by Crippen LogP contribution is 2.14. The van der Waals surface area contributed by atoms with Gasteiger partial charge < -0.3 is 9.84 Å². The molecule has 2 rings (SSSR count). The predicted molar refractivity (Wildman–Crippen MR) is 61.4 cm³/mol. The van der Waals surface area contributed by atoms with Gasteiger partial charge in [0.25, 0.3) is 0 Å². The lowest BCUT2D eigenvalue weighted by molar-refractivity contribution is 0.101. The van der Waals surface area contributed by atoms with Crippen LogP contribution in [0.2, 0.25) is 0 Å². The molecule has 1 aromatic carbocycles. The van der Waals surface area contributed by atoms with Crippen molar-refractivity contribution in [2.45, 2.75) is 25.6 Å². The molecule has 0 saturated carbocycles. The molecule has 0 bridgehead atoms. The van der Waals surface area contributed by atoms with Crippen molar-refractivity contribution in [3.05, 3.63) is 29.8 Å². The average molecular weight is 230 g/mol. The van der Waals surface area contributed by atoms with E-state index in [9.17, 15) is 5.11 Å². The fourth-order valence-electron chi connectivity index (χ4n) is 1.69. The lowest BCUT2D eigenvalue weighted by atomic mass is 10.1. The third-order valence-corrected chi connectivity index (χ3v) is 2.35. The second-order valence-electron chi connectivity index (χ2n) is 3.76. The van der Waals surface area contributed by atoms with Gasteiger partial charge >= 0.3 is 0 Å². The number of ether oxygens (including phenoxy) is 1. The molecule has 1 aliphatic rings. The highest BCUT2D eigenvalue weighted by molar-refractivity contribution is 5.85. The van der Waals surface area contributed by atoms with E-state index in [0.717, 1.165) is 18.6 Å². The largest absolute Gasteiger partial charge is 0.508 e. The van der Waals surface area contributed by atoms with Crippen molar-refractivity contribution in [3.8, 4) is 5.75 Å². The van der Waals surface area contributed by atoms with Gasteiger partial charge in [-0.25, -0.2) is 0 Å². The highest BCUT2D eigenvalue weighted by atomic mass is 35.5. The molecule has 2 unspecified atom stereocenters.